The molecule has 0 saturated heterocycles. The molecule has 16 heavy (non-hydrogen) atoms. The average molecular weight is 246 g/mol. The molecule has 96 valence electrons. The number of thioether (sulfide) groups is 1. The summed E-state index contributed by atoms with van der Waals surface area (Å²) in [6.07, 6.45) is 11.8. The van der Waals surface area contributed by atoms with Crippen LogP contribution in [0.5, 0.6) is 0 Å². The van der Waals surface area contributed by atoms with Gasteiger partial charge in [0, 0.05) is 0 Å². The summed E-state index contributed by atoms with van der Waals surface area (Å²) in [5, 5.41) is 0. The van der Waals surface area contributed by atoms with Crippen LogP contribution >= 0.6 is 11.8 Å². The van der Waals surface area contributed by atoms with Gasteiger partial charge in [-0.1, -0.05) is 39.0 Å². The summed E-state index contributed by atoms with van der Waals surface area (Å²) in [4.78, 5) is 11.2. The van der Waals surface area contributed by atoms with Crippen molar-refractivity contribution < 1.29 is 9.53 Å². The monoisotopic (exact) mass is 246 g/mol. The molecule has 1 aliphatic rings. The van der Waals surface area contributed by atoms with E-state index in [4.69, 9.17) is 4.74 Å². The van der Waals surface area contributed by atoms with Crippen LogP contribution in [0.2, 0.25) is 0 Å². The Morgan fingerprint density at radius 2 is 1.81 bits per heavy atom. The molecule has 0 aromatic rings. The number of methoxy groups -OCH3 is 1. The lowest BCUT2D eigenvalue weighted by Gasteiger charge is -2.23. The van der Waals surface area contributed by atoms with Crippen LogP contribution in [0.15, 0.2) is 0 Å². The number of ether oxygens (including phenoxy) is 1. The lowest BCUT2D eigenvalue weighted by atomic mass is 9.83. The molecule has 3 heteroatoms. The first-order valence-electron chi connectivity index (χ1n) is 6.13. The van der Waals surface area contributed by atoms with E-state index >= 15 is 0 Å². The van der Waals surface area contributed by atoms with Gasteiger partial charge in [-0.25, -0.2) is 0 Å². The third kappa shape index (κ3) is 7.15. The number of carbonyl (C=O) groups excluding carboxylic acids is 1. The molecule has 1 unspecified atom stereocenters. The molecule has 0 aliphatic heterocycles. The van der Waals surface area contributed by atoms with Crippen LogP contribution in [-0.2, 0) is 9.53 Å². The standard InChI is InChI=1S/C11H20O2.C2H6S/c1-9(11(12)13-2)8-10-6-4-3-5-7-10;1-3-2/h9-10H,3-8H2,1-2H3;1-2H3. The number of rotatable bonds is 3. The molecule has 0 aromatic heterocycles. The fourth-order valence-corrected chi connectivity index (χ4v) is 2.22. The van der Waals surface area contributed by atoms with Crippen molar-refractivity contribution in [1.29, 1.82) is 0 Å². The largest absolute Gasteiger partial charge is 0.469 e. The Hall–Kier alpha value is -0.180. The van der Waals surface area contributed by atoms with Gasteiger partial charge in [-0.3, -0.25) is 4.79 Å². The summed E-state index contributed by atoms with van der Waals surface area (Å²) in [6, 6.07) is 0. The highest BCUT2D eigenvalue weighted by atomic mass is 32.2. The van der Waals surface area contributed by atoms with Crippen LogP contribution in [0.25, 0.3) is 0 Å². The SMILES string of the molecule is COC(=O)C(C)CC1CCCCC1.CSC. The zero-order valence-electron chi connectivity index (χ0n) is 11.1. The molecule has 0 aromatic carbocycles. The van der Waals surface area contributed by atoms with Crippen molar-refractivity contribution in [2.45, 2.75) is 45.4 Å². The number of esters is 1. The summed E-state index contributed by atoms with van der Waals surface area (Å²) in [6.45, 7) is 1.97. The van der Waals surface area contributed by atoms with Gasteiger partial charge in [0.1, 0.15) is 0 Å². The van der Waals surface area contributed by atoms with Crippen molar-refractivity contribution in [3.05, 3.63) is 0 Å². The number of hydrogen-bond donors (Lipinski definition) is 0. The second-order valence-electron chi connectivity index (χ2n) is 4.57. The van der Waals surface area contributed by atoms with E-state index in [2.05, 4.69) is 0 Å². The minimum atomic E-state index is -0.0504. The molecule has 1 atom stereocenters. The van der Waals surface area contributed by atoms with Gasteiger partial charge in [-0.05, 0) is 24.9 Å². The van der Waals surface area contributed by atoms with Gasteiger partial charge in [-0.2, -0.15) is 11.8 Å². The maximum atomic E-state index is 11.2. The molecule has 0 amide bonds. The van der Waals surface area contributed by atoms with Crippen LogP contribution in [-0.4, -0.2) is 25.6 Å². The first-order chi connectivity index (χ1) is 7.65. The van der Waals surface area contributed by atoms with E-state index in [-0.39, 0.29) is 11.9 Å². The summed E-state index contributed by atoms with van der Waals surface area (Å²) in [5.74, 6) is 0.807. The summed E-state index contributed by atoms with van der Waals surface area (Å²) in [7, 11) is 1.47. The van der Waals surface area contributed by atoms with E-state index in [9.17, 15) is 4.79 Å². The van der Waals surface area contributed by atoms with Crippen LogP contribution in [0.1, 0.15) is 45.4 Å². The predicted octanol–water partition coefficient (Wildman–Crippen LogP) is 3.75. The van der Waals surface area contributed by atoms with Gasteiger partial charge in [0.2, 0.25) is 0 Å². The fourth-order valence-electron chi connectivity index (χ4n) is 2.22. The topological polar surface area (TPSA) is 26.3 Å². The van der Waals surface area contributed by atoms with Gasteiger partial charge in [0.25, 0.3) is 0 Å². The Morgan fingerprint density at radius 1 is 1.31 bits per heavy atom. The van der Waals surface area contributed by atoms with Gasteiger partial charge in [0.05, 0.1) is 13.0 Å². The average Bonchev–Trinajstić information content (AvgIpc) is 2.30. The highest BCUT2D eigenvalue weighted by Crippen LogP contribution is 2.29. The van der Waals surface area contributed by atoms with E-state index in [1.54, 1.807) is 11.8 Å². The van der Waals surface area contributed by atoms with Crippen molar-refractivity contribution in [2.24, 2.45) is 11.8 Å². The summed E-state index contributed by atoms with van der Waals surface area (Å²) >= 11 is 1.75. The third-order valence-corrected chi connectivity index (χ3v) is 3.02. The third-order valence-electron chi connectivity index (χ3n) is 3.02. The lowest BCUT2D eigenvalue weighted by Crippen LogP contribution is -2.18. The normalized spacial score (nSPS) is 18.2. The molecule has 0 bridgehead atoms. The Labute approximate surface area is 105 Å². The Morgan fingerprint density at radius 3 is 2.25 bits per heavy atom. The lowest BCUT2D eigenvalue weighted by molar-refractivity contribution is -0.145. The van der Waals surface area contributed by atoms with Crippen molar-refractivity contribution in [3.8, 4) is 0 Å². The highest BCUT2D eigenvalue weighted by molar-refractivity contribution is 7.97. The zero-order valence-corrected chi connectivity index (χ0v) is 11.9. The molecular weight excluding hydrogens is 220 g/mol. The summed E-state index contributed by atoms with van der Waals surface area (Å²) < 4.78 is 4.71. The van der Waals surface area contributed by atoms with E-state index < -0.39 is 0 Å². The van der Waals surface area contributed by atoms with Crippen molar-refractivity contribution >= 4 is 17.7 Å². The Balaban J connectivity index is 0.000000673. The van der Waals surface area contributed by atoms with Crippen LogP contribution in [0.3, 0.4) is 0 Å². The minimum absolute atomic E-state index is 0.0504. The van der Waals surface area contributed by atoms with Crippen molar-refractivity contribution in [3.63, 3.8) is 0 Å². The summed E-state index contributed by atoms with van der Waals surface area (Å²) in [5.41, 5.74) is 0. The van der Waals surface area contributed by atoms with E-state index in [0.717, 1.165) is 12.3 Å². The van der Waals surface area contributed by atoms with E-state index in [0.29, 0.717) is 0 Å². The molecule has 1 fully saturated rings. The Bertz CT molecular complexity index is 177. The fraction of sp³-hybridized carbons (Fsp3) is 0.923. The molecule has 0 N–H and O–H groups in total. The van der Waals surface area contributed by atoms with Crippen molar-refractivity contribution in [2.75, 3.05) is 19.6 Å². The first kappa shape index (κ1) is 15.8. The van der Waals surface area contributed by atoms with Gasteiger partial charge >= 0.3 is 5.97 Å². The Kier molecular flexibility index (Phi) is 9.89. The van der Waals surface area contributed by atoms with Gasteiger partial charge < -0.3 is 4.74 Å². The molecular formula is C13H26O2S. The maximum Gasteiger partial charge on any atom is 0.308 e. The van der Waals surface area contributed by atoms with E-state index in [1.807, 2.05) is 19.4 Å². The number of hydrogen-bond acceptors (Lipinski definition) is 3. The van der Waals surface area contributed by atoms with Gasteiger partial charge in [-0.15, -0.1) is 0 Å². The van der Waals surface area contributed by atoms with Crippen LogP contribution in [0.4, 0.5) is 0 Å². The molecule has 1 rings (SSSR count). The quantitative estimate of drug-likeness (QED) is 0.710. The minimum Gasteiger partial charge on any atom is -0.469 e. The highest BCUT2D eigenvalue weighted by Gasteiger charge is 2.20. The molecule has 2 nitrogen and oxygen atoms in total. The predicted molar refractivity (Wildman–Crippen MR) is 71.8 cm³/mol. The molecule has 0 heterocycles. The van der Waals surface area contributed by atoms with Crippen LogP contribution < -0.4 is 0 Å². The van der Waals surface area contributed by atoms with E-state index in [1.165, 1.54) is 39.2 Å². The van der Waals surface area contributed by atoms with Crippen LogP contribution in [0, 0.1) is 11.8 Å². The zero-order chi connectivity index (χ0) is 12.4. The maximum absolute atomic E-state index is 11.2. The smallest absolute Gasteiger partial charge is 0.308 e. The molecule has 0 spiro atoms. The molecule has 1 aliphatic carbocycles. The second-order valence-corrected chi connectivity index (χ2v) is 5.39. The van der Waals surface area contributed by atoms with Crippen molar-refractivity contribution in [1.82, 2.24) is 0 Å². The molecule has 1 saturated carbocycles. The van der Waals surface area contributed by atoms with Gasteiger partial charge in [0.15, 0.2) is 0 Å². The first-order valence-corrected chi connectivity index (χ1v) is 7.77. The second kappa shape index (κ2) is 10.0. The molecule has 0 radical (unpaired) electrons. The number of carbonyl (C=O) groups is 1.